The van der Waals surface area contributed by atoms with Crippen molar-refractivity contribution in [1.29, 1.82) is 0 Å². The molecule has 2 aliphatic carbocycles. The van der Waals surface area contributed by atoms with Crippen molar-refractivity contribution in [2.45, 2.75) is 51.1 Å². The van der Waals surface area contributed by atoms with Crippen LogP contribution in [0.3, 0.4) is 0 Å². The molecule has 0 spiro atoms. The van der Waals surface area contributed by atoms with Crippen molar-refractivity contribution in [2.75, 3.05) is 7.11 Å². The van der Waals surface area contributed by atoms with Gasteiger partial charge < -0.3 is 10.1 Å². The molecule has 4 rings (SSSR count). The van der Waals surface area contributed by atoms with E-state index in [-0.39, 0.29) is 0 Å². The van der Waals surface area contributed by atoms with Crippen LogP contribution in [0.5, 0.6) is 5.75 Å². The second kappa shape index (κ2) is 7.12. The van der Waals surface area contributed by atoms with Crippen LogP contribution in [0.1, 0.15) is 49.1 Å². The molecule has 0 saturated heterocycles. The zero-order chi connectivity index (χ0) is 17.2. The minimum atomic E-state index is 0.562. The molecule has 4 atom stereocenters. The van der Waals surface area contributed by atoms with Crippen LogP contribution >= 0.6 is 0 Å². The number of aryl methyl sites for hydroxylation is 1. The van der Waals surface area contributed by atoms with E-state index in [1.807, 2.05) is 12.4 Å². The molecule has 0 radical (unpaired) electrons. The van der Waals surface area contributed by atoms with Gasteiger partial charge in [-0.05, 0) is 42.4 Å². The number of benzene rings is 1. The predicted octanol–water partition coefficient (Wildman–Crippen LogP) is 3.72. The lowest BCUT2D eigenvalue weighted by Gasteiger charge is -2.50. The van der Waals surface area contributed by atoms with Gasteiger partial charge in [-0.3, -0.25) is 0 Å². The third-order valence-electron chi connectivity index (χ3n) is 6.05. The predicted molar refractivity (Wildman–Crippen MR) is 98.6 cm³/mol. The molecule has 1 aromatic heterocycles. The molecular weight excluding hydrogens is 310 g/mol. The molecule has 2 fully saturated rings. The molecule has 4 nitrogen and oxygen atoms in total. The Kier molecular flexibility index (Phi) is 4.71. The summed E-state index contributed by atoms with van der Waals surface area (Å²) in [5.74, 6) is 4.13. The highest BCUT2D eigenvalue weighted by molar-refractivity contribution is 5.34. The minimum Gasteiger partial charge on any atom is -0.497 e. The molecule has 2 aliphatic rings. The van der Waals surface area contributed by atoms with Gasteiger partial charge in [0.1, 0.15) is 11.6 Å². The number of nitrogens with one attached hydrogen (secondary N) is 1. The van der Waals surface area contributed by atoms with Gasteiger partial charge in [0.15, 0.2) is 0 Å². The number of hydrogen-bond donors (Lipinski definition) is 1. The number of rotatable bonds is 6. The molecule has 2 saturated carbocycles. The first-order chi connectivity index (χ1) is 12.3. The van der Waals surface area contributed by atoms with E-state index in [1.54, 1.807) is 7.11 Å². The Hall–Kier alpha value is -1.94. The van der Waals surface area contributed by atoms with Crippen LogP contribution in [-0.2, 0) is 13.0 Å². The highest BCUT2D eigenvalue weighted by atomic mass is 16.5. The number of ether oxygens (including phenoxy) is 1. The zero-order valence-electron chi connectivity index (χ0n) is 15.1. The van der Waals surface area contributed by atoms with Gasteiger partial charge in [-0.15, -0.1) is 0 Å². The standard InChI is InChI=1S/C21H27N3O/c1-3-19-22-11-14(12-23-19)13-24-21-18-6-4-5-17(18)20(21)15-7-9-16(25-2)10-8-15/h7-12,17-18,20-21,24H,3-6,13H2,1-2H3/t17-,18+,20-,21-/m1/s1. The zero-order valence-corrected chi connectivity index (χ0v) is 15.1. The lowest BCUT2D eigenvalue weighted by molar-refractivity contribution is 0.0940. The van der Waals surface area contributed by atoms with Crippen LogP contribution in [0.2, 0.25) is 0 Å². The summed E-state index contributed by atoms with van der Waals surface area (Å²) in [4.78, 5) is 8.83. The van der Waals surface area contributed by atoms with Crippen LogP contribution in [0.4, 0.5) is 0 Å². The Morgan fingerprint density at radius 1 is 1.08 bits per heavy atom. The fourth-order valence-electron chi connectivity index (χ4n) is 4.75. The second-order valence-corrected chi connectivity index (χ2v) is 7.33. The monoisotopic (exact) mass is 337 g/mol. The first-order valence-electron chi connectivity index (χ1n) is 9.47. The van der Waals surface area contributed by atoms with E-state index in [9.17, 15) is 0 Å². The Labute approximate surface area is 150 Å². The largest absolute Gasteiger partial charge is 0.497 e. The lowest BCUT2D eigenvalue weighted by atomic mass is 9.60. The molecular formula is C21H27N3O. The average Bonchev–Trinajstić information content (AvgIpc) is 3.07. The van der Waals surface area contributed by atoms with Gasteiger partial charge in [-0.1, -0.05) is 25.5 Å². The number of fused-ring (bicyclic) bond motifs is 1. The number of aromatic nitrogens is 2. The van der Waals surface area contributed by atoms with Crippen molar-refractivity contribution in [1.82, 2.24) is 15.3 Å². The van der Waals surface area contributed by atoms with E-state index < -0.39 is 0 Å². The minimum absolute atomic E-state index is 0.562. The fourth-order valence-corrected chi connectivity index (χ4v) is 4.75. The molecule has 1 N–H and O–H groups in total. The summed E-state index contributed by atoms with van der Waals surface area (Å²) in [6.07, 6.45) is 8.92. The van der Waals surface area contributed by atoms with Crippen molar-refractivity contribution in [3.8, 4) is 5.75 Å². The molecule has 132 valence electrons. The summed E-state index contributed by atoms with van der Waals surface area (Å²) < 4.78 is 5.31. The topological polar surface area (TPSA) is 47.0 Å². The summed E-state index contributed by atoms with van der Waals surface area (Å²) >= 11 is 0. The van der Waals surface area contributed by atoms with Crippen LogP contribution in [-0.4, -0.2) is 23.1 Å². The van der Waals surface area contributed by atoms with Gasteiger partial charge in [0.2, 0.25) is 0 Å². The van der Waals surface area contributed by atoms with E-state index in [1.165, 1.54) is 30.4 Å². The molecule has 0 amide bonds. The normalized spacial score (nSPS) is 27.6. The molecule has 4 heteroatoms. The van der Waals surface area contributed by atoms with E-state index in [4.69, 9.17) is 4.74 Å². The number of hydrogen-bond acceptors (Lipinski definition) is 4. The van der Waals surface area contributed by atoms with Crippen LogP contribution < -0.4 is 10.1 Å². The Morgan fingerprint density at radius 3 is 2.48 bits per heavy atom. The van der Waals surface area contributed by atoms with Crippen LogP contribution in [0, 0.1) is 11.8 Å². The van der Waals surface area contributed by atoms with E-state index in [0.29, 0.717) is 12.0 Å². The Bertz CT molecular complexity index is 698. The summed E-state index contributed by atoms with van der Waals surface area (Å²) in [6.45, 7) is 2.94. The van der Waals surface area contributed by atoms with Gasteiger partial charge in [-0.2, -0.15) is 0 Å². The van der Waals surface area contributed by atoms with Crippen LogP contribution in [0.15, 0.2) is 36.7 Å². The molecule has 0 unspecified atom stereocenters. The quantitative estimate of drug-likeness (QED) is 0.873. The van der Waals surface area contributed by atoms with Crippen molar-refractivity contribution < 1.29 is 4.74 Å². The summed E-state index contributed by atoms with van der Waals surface area (Å²) in [5, 5.41) is 3.81. The van der Waals surface area contributed by atoms with E-state index >= 15 is 0 Å². The number of methoxy groups -OCH3 is 1. The maximum absolute atomic E-state index is 5.31. The highest BCUT2D eigenvalue weighted by Crippen LogP contribution is 2.56. The number of nitrogens with zero attached hydrogens (tertiary/aromatic N) is 2. The molecule has 1 heterocycles. The summed E-state index contributed by atoms with van der Waals surface area (Å²) in [5.41, 5.74) is 2.62. The molecule has 0 bridgehead atoms. The van der Waals surface area contributed by atoms with Crippen LogP contribution in [0.25, 0.3) is 0 Å². The van der Waals surface area contributed by atoms with E-state index in [0.717, 1.165) is 36.4 Å². The second-order valence-electron chi connectivity index (χ2n) is 7.33. The first-order valence-corrected chi connectivity index (χ1v) is 9.47. The summed E-state index contributed by atoms with van der Waals surface area (Å²) in [7, 11) is 1.72. The van der Waals surface area contributed by atoms with Crippen molar-refractivity contribution in [2.24, 2.45) is 11.8 Å². The van der Waals surface area contributed by atoms with Gasteiger partial charge in [-0.25, -0.2) is 9.97 Å². The van der Waals surface area contributed by atoms with Crippen molar-refractivity contribution >= 4 is 0 Å². The Morgan fingerprint density at radius 2 is 1.80 bits per heavy atom. The van der Waals surface area contributed by atoms with Gasteiger partial charge in [0, 0.05) is 42.9 Å². The van der Waals surface area contributed by atoms with Gasteiger partial charge in [0.25, 0.3) is 0 Å². The fraction of sp³-hybridized carbons (Fsp3) is 0.524. The maximum atomic E-state index is 5.31. The first kappa shape index (κ1) is 16.5. The van der Waals surface area contributed by atoms with Crippen molar-refractivity contribution in [3.63, 3.8) is 0 Å². The third-order valence-corrected chi connectivity index (χ3v) is 6.05. The smallest absolute Gasteiger partial charge is 0.127 e. The molecule has 0 aliphatic heterocycles. The maximum Gasteiger partial charge on any atom is 0.127 e. The Balaban J connectivity index is 1.46. The molecule has 25 heavy (non-hydrogen) atoms. The lowest BCUT2D eigenvalue weighted by Crippen LogP contribution is -2.54. The highest BCUT2D eigenvalue weighted by Gasteiger charge is 2.52. The van der Waals surface area contributed by atoms with Crippen molar-refractivity contribution in [3.05, 3.63) is 53.6 Å². The van der Waals surface area contributed by atoms with Gasteiger partial charge >= 0.3 is 0 Å². The third kappa shape index (κ3) is 3.15. The molecule has 1 aromatic carbocycles. The molecule has 2 aromatic rings. The average molecular weight is 337 g/mol. The van der Waals surface area contributed by atoms with E-state index in [2.05, 4.69) is 46.5 Å². The summed E-state index contributed by atoms with van der Waals surface area (Å²) in [6, 6.07) is 9.22. The van der Waals surface area contributed by atoms with Gasteiger partial charge in [0.05, 0.1) is 7.11 Å². The SMILES string of the molecule is CCc1ncc(CN[C@@H]2[C@H]3CCC[C@H]3[C@H]2c2ccc(OC)cc2)cn1.